The normalized spacial score (nSPS) is 15.3. The van der Waals surface area contributed by atoms with Crippen LogP contribution >= 0.6 is 0 Å². The van der Waals surface area contributed by atoms with Crippen molar-refractivity contribution in [3.63, 3.8) is 0 Å². The van der Waals surface area contributed by atoms with Gasteiger partial charge in [-0.1, -0.05) is 12.1 Å². The Labute approximate surface area is 89.8 Å². The van der Waals surface area contributed by atoms with Gasteiger partial charge >= 0.3 is 0 Å². The highest BCUT2D eigenvalue weighted by Gasteiger charge is 2.28. The molecule has 1 unspecified atom stereocenters. The van der Waals surface area contributed by atoms with E-state index in [1.807, 2.05) is 13.8 Å². The van der Waals surface area contributed by atoms with Crippen LogP contribution in [0.15, 0.2) is 5.16 Å². The van der Waals surface area contributed by atoms with Crippen LogP contribution in [0.4, 0.5) is 0 Å². The molecule has 1 atom stereocenters. The molecule has 0 aromatic carbocycles. The number of nitrogens with one attached hydrogen (secondary N) is 1. The lowest BCUT2D eigenvalue weighted by atomic mass is 9.96. The lowest BCUT2D eigenvalue weighted by molar-refractivity contribution is 0.0799. The summed E-state index contributed by atoms with van der Waals surface area (Å²) >= 11 is 0. The van der Waals surface area contributed by atoms with Gasteiger partial charge in [-0.15, -0.1) is 0 Å². The Bertz CT molecular complexity index is 197. The molecule has 0 aromatic rings. The molecule has 0 aromatic heterocycles. The summed E-state index contributed by atoms with van der Waals surface area (Å²) in [6, 6.07) is -0.0832. The molecule has 0 saturated heterocycles. The maximum Gasteiger partial charge on any atom is 0.140 e. The topological polar surface area (TPSA) is 111 Å². The number of hydrogen-bond donors (Lipinski definition) is 5. The zero-order valence-corrected chi connectivity index (χ0v) is 9.27. The van der Waals surface area contributed by atoms with E-state index in [-0.39, 0.29) is 25.1 Å². The summed E-state index contributed by atoms with van der Waals surface area (Å²) in [7, 11) is 0. The van der Waals surface area contributed by atoms with E-state index in [1.165, 1.54) is 0 Å². The van der Waals surface area contributed by atoms with Crippen LogP contribution in [0.5, 0.6) is 0 Å². The Balaban J connectivity index is 4.28. The van der Waals surface area contributed by atoms with Crippen molar-refractivity contribution >= 4 is 5.84 Å². The molecule has 6 nitrogen and oxygen atoms in total. The number of aliphatic hydroxyl groups excluding tert-OH is 2. The number of amidine groups is 1. The van der Waals surface area contributed by atoms with E-state index in [0.717, 1.165) is 0 Å². The van der Waals surface area contributed by atoms with Gasteiger partial charge in [-0.2, -0.15) is 0 Å². The third-order valence-corrected chi connectivity index (χ3v) is 2.48. The second-order valence-corrected chi connectivity index (χ2v) is 3.79. The largest absolute Gasteiger partial charge is 0.409 e. The minimum atomic E-state index is -0.699. The first kappa shape index (κ1) is 14.2. The lowest BCUT2D eigenvalue weighted by Crippen LogP contribution is -2.55. The van der Waals surface area contributed by atoms with Crippen molar-refractivity contribution in [2.24, 2.45) is 10.9 Å². The van der Waals surface area contributed by atoms with Crippen LogP contribution in [0.2, 0.25) is 0 Å². The Morgan fingerprint density at radius 3 is 2.33 bits per heavy atom. The second kappa shape index (κ2) is 6.60. The van der Waals surface area contributed by atoms with Gasteiger partial charge in [-0.05, 0) is 13.3 Å². The summed E-state index contributed by atoms with van der Waals surface area (Å²) in [6.45, 7) is 3.41. The Morgan fingerprint density at radius 1 is 1.47 bits per heavy atom. The molecule has 0 aliphatic carbocycles. The highest BCUT2D eigenvalue weighted by Crippen LogP contribution is 2.10. The highest BCUT2D eigenvalue weighted by molar-refractivity contribution is 5.80. The fourth-order valence-electron chi connectivity index (χ4n) is 1.40. The van der Waals surface area contributed by atoms with Crippen LogP contribution in [0.1, 0.15) is 26.7 Å². The van der Waals surface area contributed by atoms with E-state index in [2.05, 4.69) is 10.5 Å². The van der Waals surface area contributed by atoms with Gasteiger partial charge in [0.2, 0.25) is 0 Å². The van der Waals surface area contributed by atoms with Gasteiger partial charge in [0, 0.05) is 12.5 Å². The van der Waals surface area contributed by atoms with Crippen molar-refractivity contribution in [1.29, 1.82) is 0 Å². The van der Waals surface area contributed by atoms with Crippen LogP contribution in [0.25, 0.3) is 0 Å². The van der Waals surface area contributed by atoms with Crippen LogP contribution in [-0.4, -0.2) is 46.1 Å². The molecule has 0 bridgehead atoms. The van der Waals surface area contributed by atoms with Crippen molar-refractivity contribution in [1.82, 2.24) is 5.32 Å². The second-order valence-electron chi connectivity index (χ2n) is 3.79. The molecule has 0 spiro atoms. The molecule has 6 heteroatoms. The highest BCUT2D eigenvalue weighted by atomic mass is 16.4. The van der Waals surface area contributed by atoms with Gasteiger partial charge in [-0.3, -0.25) is 0 Å². The first-order chi connectivity index (χ1) is 7.03. The van der Waals surface area contributed by atoms with Crippen molar-refractivity contribution in [3.8, 4) is 0 Å². The molecule has 15 heavy (non-hydrogen) atoms. The summed E-state index contributed by atoms with van der Waals surface area (Å²) < 4.78 is 0. The van der Waals surface area contributed by atoms with E-state index in [9.17, 15) is 10.2 Å². The third-order valence-electron chi connectivity index (χ3n) is 2.48. The third kappa shape index (κ3) is 4.46. The van der Waals surface area contributed by atoms with Gasteiger partial charge in [0.05, 0.1) is 18.8 Å². The van der Waals surface area contributed by atoms with Gasteiger partial charge in [0.25, 0.3) is 0 Å². The predicted octanol–water partition coefficient (Wildman–Crippen LogP) is -0.766. The van der Waals surface area contributed by atoms with Gasteiger partial charge < -0.3 is 26.5 Å². The van der Waals surface area contributed by atoms with E-state index < -0.39 is 5.54 Å². The molecular formula is C9H21N3O3. The standard InChI is InChI=1S/C9H21N3O3/c1-3-9(5-13,6-14)11-7(2)4-8(10)12-15/h7,11,13-15H,3-6H2,1-2H3,(H2,10,12). The van der Waals surface area contributed by atoms with Gasteiger partial charge in [0.1, 0.15) is 5.84 Å². The Kier molecular flexibility index (Phi) is 6.23. The molecule has 0 amide bonds. The van der Waals surface area contributed by atoms with E-state index in [0.29, 0.717) is 12.8 Å². The van der Waals surface area contributed by atoms with Crippen molar-refractivity contribution in [2.75, 3.05) is 13.2 Å². The number of hydrogen-bond acceptors (Lipinski definition) is 5. The monoisotopic (exact) mass is 219 g/mol. The number of nitrogens with two attached hydrogens (primary N) is 1. The molecular weight excluding hydrogens is 198 g/mol. The van der Waals surface area contributed by atoms with E-state index in [4.69, 9.17) is 10.9 Å². The molecule has 0 fully saturated rings. The molecule has 0 rings (SSSR count). The average molecular weight is 219 g/mol. The van der Waals surface area contributed by atoms with E-state index >= 15 is 0 Å². The number of nitrogens with zero attached hydrogens (tertiary/aromatic N) is 1. The van der Waals surface area contributed by atoms with Crippen LogP contribution in [-0.2, 0) is 0 Å². The molecule has 0 radical (unpaired) electrons. The first-order valence-electron chi connectivity index (χ1n) is 4.99. The Hall–Kier alpha value is -0.850. The smallest absolute Gasteiger partial charge is 0.140 e. The van der Waals surface area contributed by atoms with E-state index in [1.54, 1.807) is 0 Å². The molecule has 6 N–H and O–H groups in total. The zero-order chi connectivity index (χ0) is 11.9. The average Bonchev–Trinajstić information content (AvgIpc) is 2.26. The zero-order valence-electron chi connectivity index (χ0n) is 9.27. The number of oxime groups is 1. The van der Waals surface area contributed by atoms with Crippen molar-refractivity contribution in [3.05, 3.63) is 0 Å². The molecule has 0 aliphatic rings. The molecule has 0 heterocycles. The summed E-state index contributed by atoms with van der Waals surface area (Å²) in [6.07, 6.45) is 0.957. The quantitative estimate of drug-likeness (QED) is 0.167. The Morgan fingerprint density at radius 2 is 2.00 bits per heavy atom. The molecule has 0 aliphatic heterocycles. The molecule has 0 saturated carbocycles. The summed E-state index contributed by atoms with van der Waals surface area (Å²) in [5.41, 5.74) is 4.65. The van der Waals surface area contributed by atoms with Crippen LogP contribution < -0.4 is 11.1 Å². The fraction of sp³-hybridized carbons (Fsp3) is 0.889. The van der Waals surface area contributed by atoms with Crippen LogP contribution in [0, 0.1) is 0 Å². The minimum absolute atomic E-state index is 0.0832. The number of aliphatic hydroxyl groups is 2. The van der Waals surface area contributed by atoms with Crippen molar-refractivity contribution < 1.29 is 15.4 Å². The lowest BCUT2D eigenvalue weighted by Gasteiger charge is -2.33. The van der Waals surface area contributed by atoms with Gasteiger partial charge in [0.15, 0.2) is 0 Å². The molecule has 90 valence electrons. The summed E-state index contributed by atoms with van der Waals surface area (Å²) in [4.78, 5) is 0. The fourth-order valence-corrected chi connectivity index (χ4v) is 1.40. The predicted molar refractivity (Wildman–Crippen MR) is 57.8 cm³/mol. The minimum Gasteiger partial charge on any atom is -0.409 e. The maximum absolute atomic E-state index is 9.18. The SMILES string of the molecule is CCC(CO)(CO)NC(C)CC(N)=NO. The van der Waals surface area contributed by atoms with Crippen LogP contribution in [0.3, 0.4) is 0 Å². The first-order valence-corrected chi connectivity index (χ1v) is 4.99. The number of rotatable bonds is 7. The summed E-state index contributed by atoms with van der Waals surface area (Å²) in [5.74, 6) is 0.121. The van der Waals surface area contributed by atoms with Gasteiger partial charge in [-0.25, -0.2) is 0 Å². The maximum atomic E-state index is 9.18. The van der Waals surface area contributed by atoms with Crippen molar-refractivity contribution in [2.45, 2.75) is 38.3 Å². The summed E-state index contributed by atoms with van der Waals surface area (Å²) in [5, 5.41) is 32.7.